The summed E-state index contributed by atoms with van der Waals surface area (Å²) in [6.07, 6.45) is 1.11. The second-order valence-corrected chi connectivity index (χ2v) is 7.69. The van der Waals surface area contributed by atoms with E-state index in [1.165, 1.54) is 25.3 Å². The van der Waals surface area contributed by atoms with E-state index in [0.29, 0.717) is 24.1 Å². The quantitative estimate of drug-likeness (QED) is 0.769. The van der Waals surface area contributed by atoms with Crippen molar-refractivity contribution in [2.45, 2.75) is 33.8 Å². The maximum Gasteiger partial charge on any atom is 0.387 e. The molecule has 146 valence electrons. The molecule has 1 aliphatic rings. The first kappa shape index (κ1) is 20.4. The number of alkyl halides is 2. The summed E-state index contributed by atoms with van der Waals surface area (Å²) in [5.74, 6) is -0.0756. The predicted molar refractivity (Wildman–Crippen MR) is 96.0 cm³/mol. The number of methoxy groups -OCH3 is 1. The van der Waals surface area contributed by atoms with Crippen LogP contribution in [0.5, 0.6) is 11.5 Å². The van der Waals surface area contributed by atoms with Crippen molar-refractivity contribution in [2.24, 2.45) is 5.41 Å². The summed E-state index contributed by atoms with van der Waals surface area (Å²) in [5.41, 5.74) is 0.706. The normalized spacial score (nSPS) is 16.0. The van der Waals surface area contributed by atoms with E-state index in [2.05, 4.69) is 30.4 Å². The Morgan fingerprint density at radius 3 is 2.35 bits per heavy atom. The third-order valence-corrected chi connectivity index (χ3v) is 4.46. The van der Waals surface area contributed by atoms with Gasteiger partial charge in [0.25, 0.3) is 5.91 Å². The zero-order valence-corrected chi connectivity index (χ0v) is 15.9. The van der Waals surface area contributed by atoms with Gasteiger partial charge in [-0.3, -0.25) is 9.69 Å². The molecule has 5 nitrogen and oxygen atoms in total. The van der Waals surface area contributed by atoms with E-state index < -0.39 is 6.61 Å². The van der Waals surface area contributed by atoms with Crippen LogP contribution in [0.4, 0.5) is 8.78 Å². The summed E-state index contributed by atoms with van der Waals surface area (Å²) < 4.78 is 34.3. The fourth-order valence-electron chi connectivity index (χ4n) is 2.84. The number of piperazine rings is 1. The van der Waals surface area contributed by atoms with E-state index in [1.807, 2.05) is 0 Å². The lowest BCUT2D eigenvalue weighted by Gasteiger charge is -2.36. The van der Waals surface area contributed by atoms with Gasteiger partial charge in [-0.2, -0.15) is 8.78 Å². The molecule has 26 heavy (non-hydrogen) atoms. The molecule has 0 radical (unpaired) electrons. The van der Waals surface area contributed by atoms with Gasteiger partial charge in [0.15, 0.2) is 11.5 Å². The maximum atomic E-state index is 12.7. The summed E-state index contributed by atoms with van der Waals surface area (Å²) in [6, 6.07) is 4.29. The molecule has 1 fully saturated rings. The highest BCUT2D eigenvalue weighted by molar-refractivity contribution is 5.95. The number of nitrogens with zero attached hydrogens (tertiary/aromatic N) is 2. The van der Waals surface area contributed by atoms with Crippen LogP contribution in [0.1, 0.15) is 37.6 Å². The lowest BCUT2D eigenvalue weighted by molar-refractivity contribution is -0.0512. The molecule has 0 N–H and O–H groups in total. The Morgan fingerprint density at radius 1 is 1.15 bits per heavy atom. The maximum absolute atomic E-state index is 12.7. The van der Waals surface area contributed by atoms with Crippen LogP contribution in [0.25, 0.3) is 0 Å². The first-order chi connectivity index (χ1) is 12.2. The van der Waals surface area contributed by atoms with Crippen LogP contribution in [-0.4, -0.2) is 62.2 Å². The molecule has 0 aliphatic carbocycles. The minimum atomic E-state index is -2.94. The van der Waals surface area contributed by atoms with Crippen molar-refractivity contribution in [1.29, 1.82) is 0 Å². The monoisotopic (exact) mass is 370 g/mol. The fourth-order valence-corrected chi connectivity index (χ4v) is 2.84. The highest BCUT2D eigenvalue weighted by Gasteiger charge is 2.24. The average molecular weight is 370 g/mol. The topological polar surface area (TPSA) is 42.0 Å². The summed E-state index contributed by atoms with van der Waals surface area (Å²) in [4.78, 5) is 16.8. The number of hydrogen-bond donors (Lipinski definition) is 0. The van der Waals surface area contributed by atoms with Crippen molar-refractivity contribution in [3.8, 4) is 11.5 Å². The number of hydrogen-bond acceptors (Lipinski definition) is 4. The van der Waals surface area contributed by atoms with E-state index in [9.17, 15) is 13.6 Å². The fraction of sp³-hybridized carbons (Fsp3) is 0.632. The van der Waals surface area contributed by atoms with Gasteiger partial charge in [-0.05, 0) is 36.6 Å². The Labute approximate surface area is 153 Å². The van der Waals surface area contributed by atoms with Gasteiger partial charge in [0, 0.05) is 31.7 Å². The van der Waals surface area contributed by atoms with Crippen molar-refractivity contribution in [1.82, 2.24) is 9.80 Å². The van der Waals surface area contributed by atoms with Gasteiger partial charge in [0.1, 0.15) is 0 Å². The van der Waals surface area contributed by atoms with Crippen molar-refractivity contribution >= 4 is 5.91 Å². The number of halogens is 2. The number of benzene rings is 1. The standard InChI is InChI=1S/C19H28F2N2O3/c1-19(2,3)7-8-22-9-11-23(12-10-22)17(24)14-5-6-15(26-18(20)21)16(13-14)25-4/h5-6,13,18H,7-12H2,1-4H3. The third kappa shape index (κ3) is 5.83. The molecule has 1 aliphatic heterocycles. The first-order valence-electron chi connectivity index (χ1n) is 8.84. The van der Waals surface area contributed by atoms with Gasteiger partial charge in [-0.1, -0.05) is 20.8 Å². The molecule has 0 saturated carbocycles. The van der Waals surface area contributed by atoms with Crippen molar-refractivity contribution in [3.05, 3.63) is 23.8 Å². The molecule has 0 spiro atoms. The highest BCUT2D eigenvalue weighted by Crippen LogP contribution is 2.30. The van der Waals surface area contributed by atoms with E-state index >= 15 is 0 Å². The van der Waals surface area contributed by atoms with Crippen LogP contribution >= 0.6 is 0 Å². The van der Waals surface area contributed by atoms with Crippen molar-refractivity contribution < 1.29 is 23.0 Å². The van der Waals surface area contributed by atoms with E-state index in [1.54, 1.807) is 4.90 Å². The number of carbonyl (C=O) groups excluding carboxylic acids is 1. The minimum Gasteiger partial charge on any atom is -0.493 e. The second-order valence-electron chi connectivity index (χ2n) is 7.69. The Balaban J connectivity index is 1.95. The van der Waals surface area contributed by atoms with Crippen LogP contribution in [0.3, 0.4) is 0 Å². The van der Waals surface area contributed by atoms with Gasteiger partial charge < -0.3 is 14.4 Å². The molecule has 1 saturated heterocycles. The Bertz CT molecular complexity index is 609. The number of ether oxygens (including phenoxy) is 2. The molecule has 1 aromatic rings. The molecule has 2 rings (SSSR count). The van der Waals surface area contributed by atoms with Crippen LogP contribution < -0.4 is 9.47 Å². The summed E-state index contributed by atoms with van der Waals surface area (Å²) in [7, 11) is 1.36. The smallest absolute Gasteiger partial charge is 0.387 e. The van der Waals surface area contributed by atoms with E-state index in [4.69, 9.17) is 4.74 Å². The summed E-state index contributed by atoms with van der Waals surface area (Å²) in [5, 5.41) is 0. The lowest BCUT2D eigenvalue weighted by atomic mass is 9.92. The van der Waals surface area contributed by atoms with Gasteiger partial charge >= 0.3 is 6.61 Å². The zero-order valence-electron chi connectivity index (χ0n) is 15.9. The van der Waals surface area contributed by atoms with Crippen molar-refractivity contribution in [2.75, 3.05) is 39.8 Å². The lowest BCUT2D eigenvalue weighted by Crippen LogP contribution is -2.49. The Morgan fingerprint density at radius 2 is 1.81 bits per heavy atom. The third-order valence-electron chi connectivity index (χ3n) is 4.46. The minimum absolute atomic E-state index is 0.0777. The molecule has 0 unspecified atom stereocenters. The highest BCUT2D eigenvalue weighted by atomic mass is 19.3. The summed E-state index contributed by atoms with van der Waals surface area (Å²) in [6.45, 7) is 7.74. The molecule has 1 heterocycles. The van der Waals surface area contributed by atoms with E-state index in [-0.39, 0.29) is 17.4 Å². The predicted octanol–water partition coefficient (Wildman–Crippen LogP) is 3.49. The van der Waals surface area contributed by atoms with Gasteiger partial charge in [-0.15, -0.1) is 0 Å². The van der Waals surface area contributed by atoms with Gasteiger partial charge in [0.05, 0.1) is 7.11 Å². The Hall–Kier alpha value is -1.89. The van der Waals surface area contributed by atoms with Crippen LogP contribution in [0, 0.1) is 5.41 Å². The van der Waals surface area contributed by atoms with Crippen LogP contribution in [-0.2, 0) is 0 Å². The molecule has 0 atom stereocenters. The molecule has 7 heteroatoms. The largest absolute Gasteiger partial charge is 0.493 e. The summed E-state index contributed by atoms with van der Waals surface area (Å²) >= 11 is 0. The van der Waals surface area contributed by atoms with Crippen LogP contribution in [0.2, 0.25) is 0 Å². The Kier molecular flexibility index (Phi) is 6.81. The van der Waals surface area contributed by atoms with E-state index in [0.717, 1.165) is 26.1 Å². The number of carbonyl (C=O) groups is 1. The first-order valence-corrected chi connectivity index (χ1v) is 8.84. The number of rotatable bonds is 6. The molecule has 1 amide bonds. The zero-order chi connectivity index (χ0) is 19.3. The van der Waals surface area contributed by atoms with Crippen LogP contribution in [0.15, 0.2) is 18.2 Å². The van der Waals surface area contributed by atoms with Gasteiger partial charge in [0.2, 0.25) is 0 Å². The van der Waals surface area contributed by atoms with Gasteiger partial charge in [-0.25, -0.2) is 0 Å². The average Bonchev–Trinajstić information content (AvgIpc) is 2.59. The molecule has 0 aromatic heterocycles. The second kappa shape index (κ2) is 8.66. The molecular formula is C19H28F2N2O3. The molecular weight excluding hydrogens is 342 g/mol. The SMILES string of the molecule is COc1cc(C(=O)N2CCN(CCC(C)(C)C)CC2)ccc1OC(F)F. The molecule has 0 bridgehead atoms. The number of amides is 1. The molecule has 1 aromatic carbocycles. The van der Waals surface area contributed by atoms with Crippen molar-refractivity contribution in [3.63, 3.8) is 0 Å².